The third-order valence-corrected chi connectivity index (χ3v) is 7.39. The number of ether oxygens (including phenoxy) is 1. The zero-order valence-corrected chi connectivity index (χ0v) is 23.2. The van der Waals surface area contributed by atoms with Crippen molar-refractivity contribution in [3.63, 3.8) is 0 Å². The lowest BCUT2D eigenvalue weighted by molar-refractivity contribution is -0.139. The smallest absolute Gasteiger partial charge is 0.408 e. The Morgan fingerprint density at radius 3 is 2.72 bits per heavy atom. The van der Waals surface area contributed by atoms with Crippen molar-refractivity contribution < 1.29 is 31.6 Å². The van der Waals surface area contributed by atoms with E-state index in [1.165, 1.54) is 0 Å². The van der Waals surface area contributed by atoms with Crippen molar-refractivity contribution in [1.29, 1.82) is 0 Å². The van der Waals surface area contributed by atoms with Gasteiger partial charge >= 0.3 is 12.3 Å². The molecule has 0 spiro atoms. The van der Waals surface area contributed by atoms with E-state index in [0.29, 0.717) is 36.7 Å². The van der Waals surface area contributed by atoms with Crippen LogP contribution in [0.4, 0.5) is 22.4 Å². The molecule has 8 nitrogen and oxygen atoms in total. The summed E-state index contributed by atoms with van der Waals surface area (Å²) in [4.78, 5) is 18.1. The highest BCUT2D eigenvalue weighted by Gasteiger charge is 2.39. The van der Waals surface area contributed by atoms with Gasteiger partial charge in [0.25, 0.3) is 0 Å². The first-order chi connectivity index (χ1) is 18.1. The Morgan fingerprint density at radius 2 is 2.05 bits per heavy atom. The van der Waals surface area contributed by atoms with Gasteiger partial charge in [-0.15, -0.1) is 0 Å². The molecule has 1 saturated heterocycles. The molecule has 2 aromatic heterocycles. The van der Waals surface area contributed by atoms with Gasteiger partial charge in [0.2, 0.25) is 11.7 Å². The molecular formula is C26H33F4N5O3S. The monoisotopic (exact) mass is 571 g/mol. The van der Waals surface area contributed by atoms with Gasteiger partial charge in [-0.05, 0) is 71.3 Å². The van der Waals surface area contributed by atoms with Crippen LogP contribution in [0.1, 0.15) is 45.1 Å². The first-order valence-electron chi connectivity index (χ1n) is 12.7. The summed E-state index contributed by atoms with van der Waals surface area (Å²) in [5.41, 5.74) is 0.548. The molecule has 1 fully saturated rings. The standard InChI is InChI=1S/C26H33F4N5O3S/c1-24(2,3)37-23(36)31-13-21-32-22(33-38-21)19-12-17-16(6-5-7-18(17)35(19)15-26(28,29)30)8-9-25(39)10-11-34(4)14-20(25)27/h5-7,12,20,39H,8-11,13-15H2,1-4H3,(H,31,36)/t20-,25+/m0/s1. The van der Waals surface area contributed by atoms with Crippen LogP contribution in [0.2, 0.25) is 0 Å². The number of aryl methyl sites for hydroxylation is 1. The van der Waals surface area contributed by atoms with Gasteiger partial charge < -0.3 is 24.0 Å². The summed E-state index contributed by atoms with van der Waals surface area (Å²) in [7, 11) is 1.86. The maximum atomic E-state index is 14.9. The number of thiol groups is 1. The van der Waals surface area contributed by atoms with E-state index in [1.54, 1.807) is 39.0 Å². The summed E-state index contributed by atoms with van der Waals surface area (Å²) in [5.74, 6) is -0.0413. The minimum Gasteiger partial charge on any atom is -0.444 e. The number of benzene rings is 1. The molecule has 39 heavy (non-hydrogen) atoms. The number of nitrogens with one attached hydrogen (secondary N) is 1. The van der Waals surface area contributed by atoms with Gasteiger partial charge in [0.15, 0.2) is 0 Å². The number of alkyl halides is 4. The summed E-state index contributed by atoms with van der Waals surface area (Å²) in [6.07, 6.45) is -4.86. The Kier molecular flexibility index (Phi) is 8.23. The fraction of sp³-hybridized carbons (Fsp3) is 0.577. The fourth-order valence-electron chi connectivity index (χ4n) is 4.70. The number of alkyl carbamates (subject to hydrolysis) is 1. The number of fused-ring (bicyclic) bond motifs is 1. The number of carbonyl (C=O) groups excluding carboxylic acids is 1. The van der Waals surface area contributed by atoms with E-state index < -0.39 is 35.3 Å². The second-order valence-corrected chi connectivity index (χ2v) is 11.9. The number of likely N-dealkylation sites (tertiary alicyclic amines) is 1. The van der Waals surface area contributed by atoms with Crippen LogP contribution < -0.4 is 5.32 Å². The SMILES string of the molecule is CN1CC[C@](S)(CCc2cccc3c2cc(-c2noc(CNC(=O)OC(C)(C)C)n2)n3CC(F)(F)F)[C@@H](F)C1. The molecule has 3 heterocycles. The molecule has 214 valence electrons. The number of hydrogen-bond acceptors (Lipinski definition) is 7. The van der Waals surface area contributed by atoms with Gasteiger partial charge in [0, 0.05) is 22.2 Å². The second kappa shape index (κ2) is 11.0. The van der Waals surface area contributed by atoms with Crippen LogP contribution in [0.5, 0.6) is 0 Å². The molecular weight excluding hydrogens is 538 g/mol. The molecule has 2 atom stereocenters. The Labute approximate surface area is 229 Å². The molecule has 1 aromatic carbocycles. The number of piperidine rings is 1. The number of nitrogens with zero attached hydrogens (tertiary/aromatic N) is 4. The summed E-state index contributed by atoms with van der Waals surface area (Å²) < 4.78 is 66.3. The Balaban J connectivity index is 1.61. The predicted molar refractivity (Wildman–Crippen MR) is 141 cm³/mol. The van der Waals surface area contributed by atoms with Crippen LogP contribution in [0, 0.1) is 0 Å². The first-order valence-corrected chi connectivity index (χ1v) is 13.1. The van der Waals surface area contributed by atoms with Crippen LogP contribution in [0.25, 0.3) is 22.4 Å². The number of aromatic nitrogens is 3. The normalized spacial score (nSPS) is 20.9. The van der Waals surface area contributed by atoms with E-state index in [1.807, 2.05) is 18.0 Å². The van der Waals surface area contributed by atoms with Gasteiger partial charge in [-0.1, -0.05) is 17.3 Å². The highest BCUT2D eigenvalue weighted by atomic mass is 32.1. The average Bonchev–Trinajstić information content (AvgIpc) is 3.42. The number of halogens is 4. The Morgan fingerprint density at radius 1 is 1.31 bits per heavy atom. The molecule has 0 aliphatic carbocycles. The van der Waals surface area contributed by atoms with E-state index in [2.05, 4.69) is 28.1 Å². The van der Waals surface area contributed by atoms with Crippen LogP contribution in [0.3, 0.4) is 0 Å². The molecule has 13 heteroatoms. The van der Waals surface area contributed by atoms with Crippen molar-refractivity contribution >= 4 is 29.6 Å². The zero-order chi connectivity index (χ0) is 28.6. The maximum Gasteiger partial charge on any atom is 0.408 e. The molecule has 0 radical (unpaired) electrons. The highest BCUT2D eigenvalue weighted by Crippen LogP contribution is 2.37. The van der Waals surface area contributed by atoms with Gasteiger partial charge in [0.1, 0.15) is 24.9 Å². The maximum absolute atomic E-state index is 14.9. The van der Waals surface area contributed by atoms with E-state index in [-0.39, 0.29) is 24.0 Å². The molecule has 0 unspecified atom stereocenters. The zero-order valence-electron chi connectivity index (χ0n) is 22.3. The molecule has 1 N–H and O–H groups in total. The largest absolute Gasteiger partial charge is 0.444 e. The third kappa shape index (κ3) is 7.24. The molecule has 3 aromatic rings. The van der Waals surface area contributed by atoms with E-state index >= 15 is 0 Å². The number of carbonyl (C=O) groups is 1. The summed E-state index contributed by atoms with van der Waals surface area (Å²) >= 11 is 4.68. The van der Waals surface area contributed by atoms with Crippen LogP contribution in [0.15, 0.2) is 28.8 Å². The van der Waals surface area contributed by atoms with Crippen LogP contribution in [-0.4, -0.2) is 68.5 Å². The summed E-state index contributed by atoms with van der Waals surface area (Å²) in [6, 6.07) is 6.71. The lowest BCUT2D eigenvalue weighted by Gasteiger charge is -2.40. The fourth-order valence-corrected chi connectivity index (χ4v) is 4.99. The predicted octanol–water partition coefficient (Wildman–Crippen LogP) is 5.55. The van der Waals surface area contributed by atoms with Crippen molar-refractivity contribution in [3.05, 3.63) is 35.7 Å². The first kappa shape index (κ1) is 29.2. The lowest BCUT2D eigenvalue weighted by Crippen LogP contribution is -2.49. The molecule has 1 aliphatic rings. The molecule has 1 amide bonds. The average molecular weight is 572 g/mol. The lowest BCUT2D eigenvalue weighted by atomic mass is 9.87. The molecule has 0 saturated carbocycles. The van der Waals surface area contributed by atoms with Crippen molar-refractivity contribution in [2.45, 2.75) is 75.8 Å². The summed E-state index contributed by atoms with van der Waals surface area (Å²) in [6.45, 7) is 4.74. The van der Waals surface area contributed by atoms with Gasteiger partial charge in [-0.2, -0.15) is 30.8 Å². The van der Waals surface area contributed by atoms with Crippen LogP contribution in [-0.2, 0) is 24.2 Å². The van der Waals surface area contributed by atoms with Gasteiger partial charge in [0.05, 0.1) is 5.69 Å². The second-order valence-electron chi connectivity index (χ2n) is 11.0. The van der Waals surface area contributed by atoms with Crippen molar-refractivity contribution in [2.24, 2.45) is 0 Å². The Bertz CT molecular complexity index is 1320. The summed E-state index contributed by atoms with van der Waals surface area (Å²) in [5, 5.41) is 6.94. The van der Waals surface area contributed by atoms with Crippen molar-refractivity contribution in [1.82, 2.24) is 24.9 Å². The third-order valence-electron chi connectivity index (χ3n) is 6.66. The van der Waals surface area contributed by atoms with Gasteiger partial charge in [-0.3, -0.25) is 0 Å². The topological polar surface area (TPSA) is 85.4 Å². The number of amides is 1. The van der Waals surface area contributed by atoms with E-state index in [9.17, 15) is 22.4 Å². The minimum atomic E-state index is -4.51. The number of rotatable bonds is 7. The van der Waals surface area contributed by atoms with Crippen LogP contribution >= 0.6 is 12.6 Å². The number of hydrogen-bond donors (Lipinski definition) is 2. The Hall–Kier alpha value is -2.80. The minimum absolute atomic E-state index is 0.00756. The molecule has 4 rings (SSSR count). The molecule has 1 aliphatic heterocycles. The van der Waals surface area contributed by atoms with Crippen molar-refractivity contribution in [2.75, 3.05) is 20.1 Å². The van der Waals surface area contributed by atoms with E-state index in [4.69, 9.17) is 9.26 Å². The molecule has 0 bridgehead atoms. The van der Waals surface area contributed by atoms with E-state index in [0.717, 1.165) is 16.7 Å². The van der Waals surface area contributed by atoms with Crippen molar-refractivity contribution in [3.8, 4) is 11.5 Å². The van der Waals surface area contributed by atoms with Gasteiger partial charge in [-0.25, -0.2) is 9.18 Å². The highest BCUT2D eigenvalue weighted by molar-refractivity contribution is 7.81. The quantitative estimate of drug-likeness (QED) is 0.286.